The van der Waals surface area contributed by atoms with Crippen molar-refractivity contribution in [3.63, 3.8) is 0 Å². The zero-order chi connectivity index (χ0) is 12.3. The number of nitrogens with zero attached hydrogens (tertiary/aromatic N) is 1. The maximum absolute atomic E-state index is 6.16. The summed E-state index contributed by atoms with van der Waals surface area (Å²) in [4.78, 5) is 4.06. The molecule has 88 valence electrons. The van der Waals surface area contributed by atoms with Gasteiger partial charge in [0.2, 0.25) is 0 Å². The van der Waals surface area contributed by atoms with Crippen LogP contribution in [-0.4, -0.2) is 4.98 Å². The number of anilines is 1. The molecule has 0 amide bonds. The van der Waals surface area contributed by atoms with Gasteiger partial charge in [-0.15, -0.1) is 0 Å². The number of nitrogens with two attached hydrogens (primary N) is 2. The molecule has 3 nitrogen and oxygen atoms in total. The van der Waals surface area contributed by atoms with Crippen molar-refractivity contribution in [1.82, 2.24) is 4.98 Å². The Labute approximate surface area is 101 Å². The van der Waals surface area contributed by atoms with Crippen molar-refractivity contribution in [3.8, 4) is 0 Å². The van der Waals surface area contributed by atoms with Crippen LogP contribution in [0.5, 0.6) is 0 Å². The van der Waals surface area contributed by atoms with E-state index >= 15 is 0 Å². The molecule has 0 radical (unpaired) electrons. The van der Waals surface area contributed by atoms with Crippen molar-refractivity contribution in [2.75, 3.05) is 5.73 Å². The molecule has 0 aliphatic heterocycles. The quantitative estimate of drug-likeness (QED) is 0.845. The molecule has 1 unspecified atom stereocenters. The smallest absolute Gasteiger partial charge is 0.126 e. The number of hydrogen-bond acceptors (Lipinski definition) is 3. The number of hydrogen-bond donors (Lipinski definition) is 2. The molecule has 1 aromatic heterocycles. The van der Waals surface area contributed by atoms with Gasteiger partial charge in [-0.2, -0.15) is 0 Å². The van der Waals surface area contributed by atoms with Gasteiger partial charge in [0.15, 0.2) is 0 Å². The Balaban J connectivity index is 2.14. The highest BCUT2D eigenvalue weighted by Gasteiger charge is 2.09. The van der Waals surface area contributed by atoms with Crippen LogP contribution in [0.2, 0.25) is 0 Å². The summed E-state index contributed by atoms with van der Waals surface area (Å²) in [6, 6.07) is 12.1. The van der Waals surface area contributed by atoms with Crippen LogP contribution < -0.4 is 11.5 Å². The van der Waals surface area contributed by atoms with Gasteiger partial charge in [-0.1, -0.05) is 35.9 Å². The lowest BCUT2D eigenvalue weighted by atomic mass is 9.99. The lowest BCUT2D eigenvalue weighted by Crippen LogP contribution is -2.14. The van der Waals surface area contributed by atoms with Crippen molar-refractivity contribution < 1.29 is 0 Å². The Morgan fingerprint density at radius 1 is 1.18 bits per heavy atom. The first-order chi connectivity index (χ1) is 8.16. The van der Waals surface area contributed by atoms with Gasteiger partial charge in [-0.05, 0) is 30.5 Å². The summed E-state index contributed by atoms with van der Waals surface area (Å²) in [5, 5.41) is 0. The van der Waals surface area contributed by atoms with E-state index in [1.165, 1.54) is 5.56 Å². The average Bonchev–Trinajstić information content (AvgIpc) is 2.33. The Morgan fingerprint density at radius 3 is 2.53 bits per heavy atom. The van der Waals surface area contributed by atoms with Crippen LogP contribution in [0.15, 0.2) is 42.6 Å². The summed E-state index contributed by atoms with van der Waals surface area (Å²) in [5.74, 6) is 0.565. The van der Waals surface area contributed by atoms with Crippen molar-refractivity contribution >= 4 is 5.82 Å². The third-order valence-corrected chi connectivity index (χ3v) is 2.87. The van der Waals surface area contributed by atoms with E-state index in [-0.39, 0.29) is 6.04 Å². The standard InChI is InChI=1S/C14H17N3/c1-10-4-6-11(7-5-10)13(15)9-12-3-2-8-17-14(12)16/h2-8,13H,9,15H2,1H3,(H2,16,17). The number of nitrogen functional groups attached to an aromatic ring is 1. The molecular weight excluding hydrogens is 210 g/mol. The molecule has 4 N–H and O–H groups in total. The fraction of sp³-hybridized carbons (Fsp3) is 0.214. The van der Waals surface area contributed by atoms with Crippen molar-refractivity contribution in [2.45, 2.75) is 19.4 Å². The molecule has 1 aromatic carbocycles. The third-order valence-electron chi connectivity index (χ3n) is 2.87. The predicted molar refractivity (Wildman–Crippen MR) is 70.5 cm³/mol. The zero-order valence-electron chi connectivity index (χ0n) is 9.93. The molecule has 2 rings (SSSR count). The number of aromatic nitrogens is 1. The molecule has 1 heterocycles. The van der Waals surface area contributed by atoms with E-state index in [1.807, 2.05) is 12.1 Å². The largest absolute Gasteiger partial charge is 0.383 e. The lowest BCUT2D eigenvalue weighted by Gasteiger charge is -2.13. The second kappa shape index (κ2) is 4.97. The molecular formula is C14H17N3. The number of pyridine rings is 1. The van der Waals surface area contributed by atoms with Gasteiger partial charge in [-0.3, -0.25) is 0 Å². The van der Waals surface area contributed by atoms with Crippen LogP contribution in [-0.2, 0) is 6.42 Å². The maximum atomic E-state index is 6.16. The minimum Gasteiger partial charge on any atom is -0.383 e. The minimum atomic E-state index is -0.0397. The van der Waals surface area contributed by atoms with Crippen LogP contribution in [0, 0.1) is 6.92 Å². The Morgan fingerprint density at radius 2 is 1.88 bits per heavy atom. The van der Waals surface area contributed by atoms with Crippen molar-refractivity contribution in [2.24, 2.45) is 5.73 Å². The summed E-state index contributed by atoms with van der Waals surface area (Å²) in [6.07, 6.45) is 2.40. The number of benzene rings is 1. The highest BCUT2D eigenvalue weighted by molar-refractivity contribution is 5.39. The molecule has 0 saturated carbocycles. The normalized spacial score (nSPS) is 12.4. The molecule has 3 heteroatoms. The second-order valence-corrected chi connectivity index (χ2v) is 4.27. The van der Waals surface area contributed by atoms with E-state index in [4.69, 9.17) is 11.5 Å². The van der Waals surface area contributed by atoms with Gasteiger partial charge >= 0.3 is 0 Å². The Hall–Kier alpha value is -1.87. The SMILES string of the molecule is Cc1ccc(C(N)Cc2cccnc2N)cc1. The third kappa shape index (κ3) is 2.82. The van der Waals surface area contributed by atoms with E-state index in [0.29, 0.717) is 12.2 Å². The zero-order valence-corrected chi connectivity index (χ0v) is 9.93. The van der Waals surface area contributed by atoms with E-state index in [9.17, 15) is 0 Å². The van der Waals surface area contributed by atoms with Gasteiger partial charge in [0, 0.05) is 12.2 Å². The summed E-state index contributed by atoms with van der Waals surface area (Å²) in [7, 11) is 0. The molecule has 0 aliphatic carbocycles. The Bertz CT molecular complexity index is 491. The highest BCUT2D eigenvalue weighted by atomic mass is 14.8. The van der Waals surface area contributed by atoms with Crippen LogP contribution in [0.4, 0.5) is 5.82 Å². The fourth-order valence-corrected chi connectivity index (χ4v) is 1.79. The van der Waals surface area contributed by atoms with Gasteiger partial charge < -0.3 is 11.5 Å². The first-order valence-electron chi connectivity index (χ1n) is 5.68. The van der Waals surface area contributed by atoms with E-state index in [1.54, 1.807) is 6.20 Å². The molecule has 0 bridgehead atoms. The van der Waals surface area contributed by atoms with E-state index < -0.39 is 0 Å². The molecule has 0 aliphatic rings. The van der Waals surface area contributed by atoms with Crippen LogP contribution in [0.25, 0.3) is 0 Å². The van der Waals surface area contributed by atoms with Crippen molar-refractivity contribution in [1.29, 1.82) is 0 Å². The van der Waals surface area contributed by atoms with Gasteiger partial charge in [0.1, 0.15) is 5.82 Å². The summed E-state index contributed by atoms with van der Waals surface area (Å²) in [6.45, 7) is 2.06. The first-order valence-corrected chi connectivity index (χ1v) is 5.68. The van der Waals surface area contributed by atoms with Crippen LogP contribution in [0.1, 0.15) is 22.7 Å². The highest BCUT2D eigenvalue weighted by Crippen LogP contribution is 2.18. The van der Waals surface area contributed by atoms with E-state index in [2.05, 4.69) is 36.2 Å². The topological polar surface area (TPSA) is 64.9 Å². The summed E-state index contributed by atoms with van der Waals surface area (Å²) < 4.78 is 0. The summed E-state index contributed by atoms with van der Waals surface area (Å²) >= 11 is 0. The predicted octanol–water partition coefficient (Wildman–Crippen LogP) is 2.21. The van der Waals surface area contributed by atoms with E-state index in [0.717, 1.165) is 11.1 Å². The van der Waals surface area contributed by atoms with Crippen LogP contribution >= 0.6 is 0 Å². The fourth-order valence-electron chi connectivity index (χ4n) is 1.79. The molecule has 0 spiro atoms. The number of rotatable bonds is 3. The Kier molecular flexibility index (Phi) is 3.40. The molecule has 17 heavy (non-hydrogen) atoms. The molecule has 0 saturated heterocycles. The van der Waals surface area contributed by atoms with Crippen molar-refractivity contribution in [3.05, 3.63) is 59.3 Å². The van der Waals surface area contributed by atoms with Gasteiger partial charge in [0.25, 0.3) is 0 Å². The number of aryl methyl sites for hydroxylation is 1. The van der Waals surface area contributed by atoms with Crippen LogP contribution in [0.3, 0.4) is 0 Å². The first kappa shape index (κ1) is 11.6. The molecule has 2 aromatic rings. The minimum absolute atomic E-state index is 0.0397. The lowest BCUT2D eigenvalue weighted by molar-refractivity contribution is 0.721. The van der Waals surface area contributed by atoms with Gasteiger partial charge in [-0.25, -0.2) is 4.98 Å². The molecule has 1 atom stereocenters. The maximum Gasteiger partial charge on any atom is 0.126 e. The monoisotopic (exact) mass is 227 g/mol. The summed E-state index contributed by atoms with van der Waals surface area (Å²) in [5.41, 5.74) is 15.3. The van der Waals surface area contributed by atoms with Gasteiger partial charge in [0.05, 0.1) is 0 Å². The second-order valence-electron chi connectivity index (χ2n) is 4.27. The average molecular weight is 227 g/mol. The molecule has 0 fully saturated rings.